The standard InChI is InChI=1S/C26H23N3O5/c1-32-20-12-6-11-19(14-20)24(30)28-29-26-21(25(31)27-16-17-8-4-3-5-9-17)15-18-10-7-13-22(33-2)23(18)34-26/h3-15H,16H2,1-2H3,(H,27,31)(H,28,30)/b29-26-. The quantitative estimate of drug-likeness (QED) is 0.413. The number of methoxy groups -OCH3 is 2. The number of benzene rings is 3. The molecule has 0 aliphatic rings. The van der Waals surface area contributed by atoms with Gasteiger partial charge in [-0.15, -0.1) is 5.10 Å². The molecule has 0 saturated heterocycles. The third-order valence-electron chi connectivity index (χ3n) is 5.09. The molecule has 0 bridgehead atoms. The molecule has 34 heavy (non-hydrogen) atoms. The molecular formula is C26H23N3O5. The van der Waals surface area contributed by atoms with Gasteiger partial charge in [-0.3, -0.25) is 9.59 Å². The second-order valence-electron chi connectivity index (χ2n) is 7.30. The fourth-order valence-corrected chi connectivity index (χ4v) is 3.33. The highest BCUT2D eigenvalue weighted by molar-refractivity contribution is 5.97. The minimum absolute atomic E-state index is 0.0567. The van der Waals surface area contributed by atoms with Crippen molar-refractivity contribution < 1.29 is 23.5 Å². The van der Waals surface area contributed by atoms with Crippen LogP contribution in [0.4, 0.5) is 0 Å². The largest absolute Gasteiger partial charge is 0.497 e. The van der Waals surface area contributed by atoms with E-state index in [0.29, 0.717) is 34.6 Å². The number of amides is 2. The minimum Gasteiger partial charge on any atom is -0.497 e. The van der Waals surface area contributed by atoms with Crippen molar-refractivity contribution in [3.8, 4) is 11.5 Å². The van der Waals surface area contributed by atoms with Gasteiger partial charge in [-0.1, -0.05) is 48.5 Å². The Balaban J connectivity index is 1.70. The van der Waals surface area contributed by atoms with E-state index in [1.807, 2.05) is 30.3 Å². The maximum absolute atomic E-state index is 13.0. The lowest BCUT2D eigenvalue weighted by Gasteiger charge is -2.09. The molecule has 1 aromatic heterocycles. The van der Waals surface area contributed by atoms with Gasteiger partial charge < -0.3 is 19.2 Å². The Kier molecular flexibility index (Phi) is 6.88. The molecule has 8 heteroatoms. The molecule has 0 atom stereocenters. The Morgan fingerprint density at radius 2 is 1.68 bits per heavy atom. The van der Waals surface area contributed by atoms with E-state index < -0.39 is 11.8 Å². The summed E-state index contributed by atoms with van der Waals surface area (Å²) in [6, 6.07) is 23.1. The summed E-state index contributed by atoms with van der Waals surface area (Å²) in [6.07, 6.45) is 0. The van der Waals surface area contributed by atoms with Crippen molar-refractivity contribution in [2.75, 3.05) is 14.2 Å². The highest BCUT2D eigenvalue weighted by atomic mass is 16.5. The molecule has 0 fully saturated rings. The Hall–Kier alpha value is -4.59. The Morgan fingerprint density at radius 3 is 2.44 bits per heavy atom. The maximum Gasteiger partial charge on any atom is 0.271 e. The van der Waals surface area contributed by atoms with Gasteiger partial charge >= 0.3 is 0 Å². The van der Waals surface area contributed by atoms with E-state index in [4.69, 9.17) is 13.9 Å². The molecule has 0 spiro atoms. The summed E-state index contributed by atoms with van der Waals surface area (Å²) in [6.45, 7) is 0.325. The molecular weight excluding hydrogens is 434 g/mol. The first-order valence-electron chi connectivity index (χ1n) is 10.5. The smallest absolute Gasteiger partial charge is 0.271 e. The van der Waals surface area contributed by atoms with Crippen molar-refractivity contribution in [2.24, 2.45) is 5.10 Å². The van der Waals surface area contributed by atoms with Gasteiger partial charge in [0.15, 0.2) is 11.3 Å². The fraction of sp³-hybridized carbons (Fsp3) is 0.115. The van der Waals surface area contributed by atoms with Gasteiger partial charge in [0.25, 0.3) is 11.8 Å². The highest BCUT2D eigenvalue weighted by Gasteiger charge is 2.15. The normalized spacial score (nSPS) is 11.2. The number of fused-ring (bicyclic) bond motifs is 1. The monoisotopic (exact) mass is 457 g/mol. The molecule has 3 aromatic carbocycles. The fourth-order valence-electron chi connectivity index (χ4n) is 3.33. The molecule has 8 nitrogen and oxygen atoms in total. The predicted molar refractivity (Wildman–Crippen MR) is 126 cm³/mol. The molecule has 1 heterocycles. The van der Waals surface area contributed by atoms with Crippen LogP contribution in [0.3, 0.4) is 0 Å². The molecule has 2 amide bonds. The zero-order valence-corrected chi connectivity index (χ0v) is 18.7. The Labute approximate surface area is 195 Å². The van der Waals surface area contributed by atoms with Crippen LogP contribution in [0.5, 0.6) is 11.5 Å². The van der Waals surface area contributed by atoms with Crippen molar-refractivity contribution >= 4 is 22.8 Å². The lowest BCUT2D eigenvalue weighted by atomic mass is 10.1. The zero-order valence-electron chi connectivity index (χ0n) is 18.7. The van der Waals surface area contributed by atoms with Gasteiger partial charge in [0, 0.05) is 17.5 Å². The van der Waals surface area contributed by atoms with E-state index in [9.17, 15) is 9.59 Å². The van der Waals surface area contributed by atoms with E-state index >= 15 is 0 Å². The van der Waals surface area contributed by atoms with Gasteiger partial charge in [0.2, 0.25) is 5.55 Å². The van der Waals surface area contributed by atoms with E-state index in [-0.39, 0.29) is 11.1 Å². The summed E-state index contributed by atoms with van der Waals surface area (Å²) in [4.78, 5) is 25.7. The van der Waals surface area contributed by atoms with Gasteiger partial charge in [-0.25, -0.2) is 5.43 Å². The number of nitrogens with one attached hydrogen (secondary N) is 2. The van der Waals surface area contributed by atoms with Gasteiger partial charge in [-0.05, 0) is 35.9 Å². The van der Waals surface area contributed by atoms with Crippen molar-refractivity contribution in [3.63, 3.8) is 0 Å². The molecule has 4 rings (SSSR count). The maximum atomic E-state index is 13.0. The molecule has 4 aromatic rings. The summed E-state index contributed by atoms with van der Waals surface area (Å²) < 4.78 is 16.5. The van der Waals surface area contributed by atoms with E-state index in [0.717, 1.165) is 5.56 Å². The van der Waals surface area contributed by atoms with Gasteiger partial charge in [0.1, 0.15) is 11.3 Å². The number of para-hydroxylation sites is 1. The van der Waals surface area contributed by atoms with Gasteiger partial charge in [-0.2, -0.15) is 0 Å². The van der Waals surface area contributed by atoms with Crippen LogP contribution in [0.1, 0.15) is 26.3 Å². The van der Waals surface area contributed by atoms with E-state index in [1.165, 1.54) is 14.2 Å². The average molecular weight is 457 g/mol. The van der Waals surface area contributed by atoms with Crippen LogP contribution < -0.4 is 25.8 Å². The van der Waals surface area contributed by atoms with E-state index in [2.05, 4.69) is 15.8 Å². The summed E-state index contributed by atoms with van der Waals surface area (Å²) >= 11 is 0. The molecule has 0 unspecified atom stereocenters. The first-order chi connectivity index (χ1) is 16.6. The molecule has 0 radical (unpaired) electrons. The van der Waals surface area contributed by atoms with E-state index in [1.54, 1.807) is 48.5 Å². The number of hydrogen-bond acceptors (Lipinski definition) is 6. The number of rotatable bonds is 7. The number of carbonyl (C=O) groups excluding carboxylic acids is 2. The Bertz CT molecular complexity index is 1400. The van der Waals surface area contributed by atoms with Crippen LogP contribution in [-0.2, 0) is 6.54 Å². The Morgan fingerprint density at radius 1 is 0.882 bits per heavy atom. The van der Waals surface area contributed by atoms with Crippen LogP contribution >= 0.6 is 0 Å². The first kappa shape index (κ1) is 22.6. The number of carbonyl (C=O) groups is 2. The lowest BCUT2D eigenvalue weighted by Crippen LogP contribution is -2.30. The first-order valence-corrected chi connectivity index (χ1v) is 10.5. The highest BCUT2D eigenvalue weighted by Crippen LogP contribution is 2.24. The summed E-state index contributed by atoms with van der Waals surface area (Å²) in [5.74, 6) is 0.134. The van der Waals surface area contributed by atoms with Crippen LogP contribution in [-0.4, -0.2) is 26.0 Å². The van der Waals surface area contributed by atoms with Crippen LogP contribution in [0.25, 0.3) is 11.0 Å². The average Bonchev–Trinajstić information content (AvgIpc) is 2.90. The van der Waals surface area contributed by atoms with Crippen molar-refractivity contribution in [1.29, 1.82) is 0 Å². The molecule has 172 valence electrons. The summed E-state index contributed by atoms with van der Waals surface area (Å²) in [5, 5.41) is 7.63. The third-order valence-corrected chi connectivity index (χ3v) is 5.09. The minimum atomic E-state index is -0.482. The molecule has 2 N–H and O–H groups in total. The van der Waals surface area contributed by atoms with Crippen LogP contribution in [0, 0.1) is 0 Å². The summed E-state index contributed by atoms with van der Waals surface area (Å²) in [5.41, 5.74) is 4.26. The second kappa shape index (κ2) is 10.4. The molecule has 0 aliphatic carbocycles. The molecule has 0 aliphatic heterocycles. The molecule has 0 saturated carbocycles. The van der Waals surface area contributed by atoms with Crippen LogP contribution in [0.15, 0.2) is 88.4 Å². The van der Waals surface area contributed by atoms with Gasteiger partial charge in [0.05, 0.1) is 14.2 Å². The van der Waals surface area contributed by atoms with Crippen molar-refractivity contribution in [1.82, 2.24) is 10.7 Å². The number of hydrogen-bond donors (Lipinski definition) is 2. The topological polar surface area (TPSA) is 102 Å². The lowest BCUT2D eigenvalue weighted by molar-refractivity contribution is 0.0932. The third kappa shape index (κ3) is 5.07. The van der Waals surface area contributed by atoms with Crippen molar-refractivity contribution in [2.45, 2.75) is 6.54 Å². The van der Waals surface area contributed by atoms with Crippen LogP contribution in [0.2, 0.25) is 0 Å². The number of nitrogens with zero attached hydrogens (tertiary/aromatic N) is 1. The second-order valence-corrected chi connectivity index (χ2v) is 7.30. The zero-order chi connectivity index (χ0) is 23.9. The van der Waals surface area contributed by atoms with Crippen molar-refractivity contribution in [3.05, 3.63) is 101 Å². The number of ether oxygens (including phenoxy) is 2. The predicted octanol–water partition coefficient (Wildman–Crippen LogP) is 3.63. The SMILES string of the molecule is COc1cccc(C(=O)N/N=c2\oc3c(OC)cccc3cc2C(=O)NCc2ccccc2)c1. The summed E-state index contributed by atoms with van der Waals surface area (Å²) in [7, 11) is 3.04.